The maximum atomic E-state index is 9.33. The summed E-state index contributed by atoms with van der Waals surface area (Å²) in [6.07, 6.45) is 0.452. The molecule has 0 spiro atoms. The van der Waals surface area contributed by atoms with E-state index in [1.165, 1.54) is 9.75 Å². The van der Waals surface area contributed by atoms with Crippen LogP contribution < -0.4 is 5.73 Å². The third kappa shape index (κ3) is 3.05. The summed E-state index contributed by atoms with van der Waals surface area (Å²) >= 11 is 5.24. The predicted octanol–water partition coefficient (Wildman–Crippen LogP) is 2.63. The van der Waals surface area contributed by atoms with Crippen molar-refractivity contribution in [2.24, 2.45) is 5.73 Å². The number of thiophene rings is 1. The number of hydrogen-bond donors (Lipinski definition) is 2. The van der Waals surface area contributed by atoms with Crippen molar-refractivity contribution in [2.75, 3.05) is 6.54 Å². The minimum Gasteiger partial charge on any atom is -0.393 e. The van der Waals surface area contributed by atoms with Crippen molar-refractivity contribution in [2.45, 2.75) is 32.3 Å². The molecule has 0 aliphatic carbocycles. The van der Waals surface area contributed by atoms with Crippen molar-refractivity contribution in [1.82, 2.24) is 0 Å². The summed E-state index contributed by atoms with van der Waals surface area (Å²) < 4.78 is 1.14. The molecule has 80 valence electrons. The van der Waals surface area contributed by atoms with Crippen molar-refractivity contribution in [3.05, 3.63) is 20.3 Å². The van der Waals surface area contributed by atoms with Gasteiger partial charge < -0.3 is 10.8 Å². The fourth-order valence-electron chi connectivity index (χ4n) is 1.42. The Morgan fingerprint density at radius 1 is 1.64 bits per heavy atom. The zero-order chi connectivity index (χ0) is 10.7. The summed E-state index contributed by atoms with van der Waals surface area (Å²) in [5.74, 6) is 0.282. The van der Waals surface area contributed by atoms with E-state index in [2.05, 4.69) is 28.9 Å². The fraction of sp³-hybridized carbons (Fsp3) is 0.600. The van der Waals surface area contributed by atoms with Gasteiger partial charge in [0.2, 0.25) is 0 Å². The van der Waals surface area contributed by atoms with Gasteiger partial charge in [0, 0.05) is 26.7 Å². The van der Waals surface area contributed by atoms with Crippen molar-refractivity contribution < 1.29 is 5.11 Å². The van der Waals surface area contributed by atoms with Crippen LogP contribution in [-0.2, 0) is 0 Å². The number of aliphatic hydroxyl groups excluding tert-OH is 1. The lowest BCUT2D eigenvalue weighted by atomic mass is 10.0. The Balaban J connectivity index is 2.78. The van der Waals surface area contributed by atoms with Crippen LogP contribution in [0.25, 0.3) is 0 Å². The van der Waals surface area contributed by atoms with Gasteiger partial charge in [0.15, 0.2) is 0 Å². The zero-order valence-electron chi connectivity index (χ0n) is 8.46. The molecule has 0 aliphatic rings. The summed E-state index contributed by atoms with van der Waals surface area (Å²) in [7, 11) is 0. The summed E-state index contributed by atoms with van der Waals surface area (Å²) in [6.45, 7) is 4.48. The lowest BCUT2D eigenvalue weighted by Gasteiger charge is -2.14. The van der Waals surface area contributed by atoms with E-state index in [-0.39, 0.29) is 12.0 Å². The number of nitrogens with two attached hydrogens (primary N) is 1. The van der Waals surface area contributed by atoms with Gasteiger partial charge >= 0.3 is 0 Å². The maximum absolute atomic E-state index is 9.33. The van der Waals surface area contributed by atoms with E-state index in [4.69, 9.17) is 5.73 Å². The average Bonchev–Trinajstić information content (AvgIpc) is 2.42. The number of aliphatic hydroxyl groups is 1. The normalized spacial score (nSPS) is 15.5. The van der Waals surface area contributed by atoms with Crippen LogP contribution in [0.2, 0.25) is 0 Å². The quantitative estimate of drug-likeness (QED) is 0.889. The van der Waals surface area contributed by atoms with Gasteiger partial charge in [-0.1, -0.05) is 0 Å². The molecule has 1 heterocycles. The molecule has 1 aromatic heterocycles. The highest BCUT2D eigenvalue weighted by molar-refractivity contribution is 9.10. The number of aryl methyl sites for hydroxylation is 1. The van der Waals surface area contributed by atoms with Gasteiger partial charge in [-0.05, 0) is 42.3 Å². The second kappa shape index (κ2) is 5.26. The smallest absolute Gasteiger partial charge is 0.0518 e. The predicted molar refractivity (Wildman–Crippen MR) is 64.8 cm³/mol. The van der Waals surface area contributed by atoms with Crippen LogP contribution in [-0.4, -0.2) is 17.8 Å². The van der Waals surface area contributed by atoms with Gasteiger partial charge in [-0.3, -0.25) is 0 Å². The molecule has 0 fully saturated rings. The minimum absolute atomic E-state index is 0.282. The van der Waals surface area contributed by atoms with Crippen LogP contribution >= 0.6 is 27.3 Å². The first kappa shape index (κ1) is 12.2. The summed E-state index contributed by atoms with van der Waals surface area (Å²) in [5.41, 5.74) is 5.69. The molecule has 0 amide bonds. The first-order valence-electron chi connectivity index (χ1n) is 4.68. The van der Waals surface area contributed by atoms with Crippen molar-refractivity contribution in [3.63, 3.8) is 0 Å². The third-order valence-corrected chi connectivity index (χ3v) is 4.49. The Morgan fingerprint density at radius 3 is 2.64 bits per heavy atom. The maximum Gasteiger partial charge on any atom is 0.0518 e. The van der Waals surface area contributed by atoms with E-state index in [1.807, 2.05) is 0 Å². The monoisotopic (exact) mass is 277 g/mol. The second-order valence-corrected chi connectivity index (χ2v) is 5.71. The molecular weight excluding hydrogens is 262 g/mol. The lowest BCUT2D eigenvalue weighted by Crippen LogP contribution is -2.16. The molecule has 0 bridgehead atoms. The van der Waals surface area contributed by atoms with Crippen LogP contribution in [0.5, 0.6) is 0 Å². The minimum atomic E-state index is -0.287. The molecule has 4 heteroatoms. The molecule has 0 aliphatic heterocycles. The Bertz CT molecular complexity index is 279. The van der Waals surface area contributed by atoms with Crippen molar-refractivity contribution in [3.8, 4) is 0 Å². The molecular formula is C10H16BrNOS. The molecule has 14 heavy (non-hydrogen) atoms. The van der Waals surface area contributed by atoms with Crippen LogP contribution in [0.1, 0.15) is 29.0 Å². The molecule has 1 aromatic rings. The Hall–Kier alpha value is 0.100. The van der Waals surface area contributed by atoms with Crippen molar-refractivity contribution in [1.29, 1.82) is 0 Å². The third-order valence-electron chi connectivity index (χ3n) is 2.19. The van der Waals surface area contributed by atoms with E-state index in [0.717, 1.165) is 10.9 Å². The second-order valence-electron chi connectivity index (χ2n) is 3.57. The highest BCUT2D eigenvalue weighted by Gasteiger charge is 2.15. The average molecular weight is 278 g/mol. The summed E-state index contributed by atoms with van der Waals surface area (Å²) in [5, 5.41) is 9.33. The summed E-state index contributed by atoms with van der Waals surface area (Å²) in [4.78, 5) is 2.53. The first-order valence-corrected chi connectivity index (χ1v) is 6.29. The Kier molecular flexibility index (Phi) is 4.57. The van der Waals surface area contributed by atoms with Crippen LogP contribution in [0.3, 0.4) is 0 Å². The Morgan fingerprint density at radius 2 is 2.29 bits per heavy atom. The largest absolute Gasteiger partial charge is 0.393 e. The van der Waals surface area contributed by atoms with Gasteiger partial charge in [0.05, 0.1) is 6.10 Å². The molecule has 0 aromatic carbocycles. The number of halogens is 1. The molecule has 2 atom stereocenters. The van der Waals surface area contributed by atoms with E-state index in [9.17, 15) is 5.11 Å². The topological polar surface area (TPSA) is 46.2 Å². The van der Waals surface area contributed by atoms with Gasteiger partial charge in [-0.2, -0.15) is 0 Å². The lowest BCUT2D eigenvalue weighted by molar-refractivity contribution is 0.175. The van der Waals surface area contributed by atoms with E-state index in [0.29, 0.717) is 6.54 Å². The molecule has 2 nitrogen and oxygen atoms in total. The standard InChI is InChI=1S/C10H16BrNOS/c1-6(13)3-8(5-12)10-4-9(11)7(2)14-10/h4,6,8,13H,3,5,12H2,1-2H3. The highest BCUT2D eigenvalue weighted by Crippen LogP contribution is 2.33. The van der Waals surface area contributed by atoms with Gasteiger partial charge in [0.25, 0.3) is 0 Å². The van der Waals surface area contributed by atoms with Crippen LogP contribution in [0, 0.1) is 6.92 Å². The number of rotatable bonds is 4. The number of hydrogen-bond acceptors (Lipinski definition) is 3. The highest BCUT2D eigenvalue weighted by atomic mass is 79.9. The zero-order valence-corrected chi connectivity index (χ0v) is 10.9. The van der Waals surface area contributed by atoms with Gasteiger partial charge in [-0.15, -0.1) is 11.3 Å². The van der Waals surface area contributed by atoms with E-state index >= 15 is 0 Å². The molecule has 0 saturated carbocycles. The molecule has 3 N–H and O–H groups in total. The van der Waals surface area contributed by atoms with E-state index in [1.54, 1.807) is 18.3 Å². The fourth-order valence-corrected chi connectivity index (χ4v) is 3.11. The first-order chi connectivity index (χ1) is 6.54. The molecule has 2 unspecified atom stereocenters. The Labute approximate surface area is 97.3 Å². The van der Waals surface area contributed by atoms with Gasteiger partial charge in [0.1, 0.15) is 0 Å². The summed E-state index contributed by atoms with van der Waals surface area (Å²) in [6, 6.07) is 2.11. The molecule has 1 rings (SSSR count). The van der Waals surface area contributed by atoms with Crippen molar-refractivity contribution >= 4 is 27.3 Å². The van der Waals surface area contributed by atoms with Crippen LogP contribution in [0.4, 0.5) is 0 Å². The molecule has 0 saturated heterocycles. The van der Waals surface area contributed by atoms with Crippen LogP contribution in [0.15, 0.2) is 10.5 Å². The SMILES string of the molecule is Cc1sc(C(CN)CC(C)O)cc1Br. The molecule has 0 radical (unpaired) electrons. The van der Waals surface area contributed by atoms with Gasteiger partial charge in [-0.25, -0.2) is 0 Å². The van der Waals surface area contributed by atoms with E-state index < -0.39 is 0 Å².